The van der Waals surface area contributed by atoms with E-state index in [1.165, 1.54) is 79.2 Å². The van der Waals surface area contributed by atoms with Gasteiger partial charge in [-0.3, -0.25) is 29.5 Å². The Bertz CT molecular complexity index is 2120. The minimum absolute atomic E-state index is 0. The van der Waals surface area contributed by atoms with Crippen molar-refractivity contribution in [3.05, 3.63) is 141 Å². The van der Waals surface area contributed by atoms with Crippen molar-refractivity contribution in [2.24, 2.45) is 5.73 Å². The summed E-state index contributed by atoms with van der Waals surface area (Å²) in [5.74, 6) is -2.59. The Kier molecular flexibility index (Phi) is 12.7. The van der Waals surface area contributed by atoms with E-state index in [9.17, 15) is 33.6 Å². The number of anilines is 2. The van der Waals surface area contributed by atoms with E-state index in [2.05, 4.69) is 26.8 Å². The quantitative estimate of drug-likeness (QED) is 0.0405. The Morgan fingerprint density at radius 3 is 2.35 bits per heavy atom. The standard InChI is InChI=1S/C32H22N7O7.K.H2O/c33-27(41)21-3-1-5-24(15-21)38-29(43)22(17-35-31(38)45)8-7-19(20-11-13-34-14-12-20)9-10-26-28(42)37-32(46)39(30(26)44)25-6-2-4-23(16-25)36-18-40;;/h1-16,18H,(H2,33,41)(H,35,45)(H,36,40)(H,37,42,46);;1H2/q-1;+1;/p-1. The molecule has 1 aliphatic heterocycles. The molecular weight excluding hydrogens is 649 g/mol. The zero-order valence-corrected chi connectivity index (χ0v) is 28.2. The number of nitrogens with zero attached hydrogens (tertiary/aromatic N) is 3. The summed E-state index contributed by atoms with van der Waals surface area (Å²) in [7, 11) is 0. The van der Waals surface area contributed by atoms with Crippen LogP contribution in [0.25, 0.3) is 17.3 Å². The van der Waals surface area contributed by atoms with Crippen molar-refractivity contribution in [1.82, 2.24) is 19.9 Å². The molecule has 2 aromatic heterocycles. The second-order valence-corrected chi connectivity index (χ2v) is 9.51. The third-order valence-corrected chi connectivity index (χ3v) is 6.63. The van der Waals surface area contributed by atoms with Crippen LogP contribution < -0.4 is 83.9 Å². The molecule has 0 bridgehead atoms. The normalized spacial score (nSPS) is 13.8. The Hall–Kier alpha value is -5.36. The smallest absolute Gasteiger partial charge is 0.870 e. The number of primary amides is 1. The number of aromatic amines is 1. The summed E-state index contributed by atoms with van der Waals surface area (Å²) in [6.45, 7) is 0. The van der Waals surface area contributed by atoms with Gasteiger partial charge in [0.1, 0.15) is 5.57 Å². The van der Waals surface area contributed by atoms with Crippen LogP contribution in [0.2, 0.25) is 0 Å². The third-order valence-electron chi connectivity index (χ3n) is 6.63. The van der Waals surface area contributed by atoms with Gasteiger partial charge in [0.05, 0.1) is 5.69 Å². The van der Waals surface area contributed by atoms with Crippen molar-refractivity contribution in [3.8, 4) is 5.69 Å². The molecule has 1 saturated heterocycles. The maximum Gasteiger partial charge on any atom is 1.00 e. The van der Waals surface area contributed by atoms with Crippen molar-refractivity contribution in [1.29, 1.82) is 0 Å². The fraction of sp³-hybridized carbons (Fsp3) is 0. The number of pyridine rings is 1. The first kappa shape index (κ1) is 37.1. The van der Waals surface area contributed by atoms with Crippen molar-refractivity contribution in [2.45, 2.75) is 0 Å². The van der Waals surface area contributed by atoms with Gasteiger partial charge in [0.25, 0.3) is 11.8 Å². The number of H-pyrrole nitrogens is 1. The van der Waals surface area contributed by atoms with Gasteiger partial charge in [0, 0.05) is 29.3 Å². The van der Waals surface area contributed by atoms with E-state index >= 15 is 0 Å². The van der Waals surface area contributed by atoms with Gasteiger partial charge in [-0.2, -0.15) is 0 Å². The first-order valence-electron chi connectivity index (χ1n) is 13.4. The van der Waals surface area contributed by atoms with Crippen LogP contribution in [-0.4, -0.2) is 50.2 Å². The minimum atomic E-state index is -0.972. The molecule has 236 valence electrons. The van der Waals surface area contributed by atoms with Crippen LogP contribution in [0.4, 0.5) is 16.2 Å². The molecule has 0 unspecified atom stereocenters. The number of rotatable bonds is 9. The summed E-state index contributed by atoms with van der Waals surface area (Å²) in [4.78, 5) is 94.2. The van der Waals surface area contributed by atoms with Gasteiger partial charge in [-0.05, 0) is 65.7 Å². The molecule has 48 heavy (non-hydrogen) atoms. The molecule has 6 N–H and O–H groups in total. The number of imide groups is 2. The minimum Gasteiger partial charge on any atom is -0.870 e. The Morgan fingerprint density at radius 1 is 0.938 bits per heavy atom. The van der Waals surface area contributed by atoms with Crippen molar-refractivity contribution < 1.29 is 80.8 Å². The predicted molar refractivity (Wildman–Crippen MR) is 168 cm³/mol. The molecule has 1 aliphatic rings. The van der Waals surface area contributed by atoms with Gasteiger partial charge in [0.2, 0.25) is 18.0 Å². The topological polar surface area (TPSA) is 236 Å². The maximum atomic E-state index is 13.4. The molecule has 1 fully saturated rings. The molecule has 2 aromatic carbocycles. The largest absolute Gasteiger partial charge is 1.00 e. The fourth-order valence-corrected chi connectivity index (χ4v) is 4.44. The molecule has 5 rings (SSSR count). The molecular formula is C32H23KN7O8-. The molecule has 0 saturated carbocycles. The van der Waals surface area contributed by atoms with Crippen molar-refractivity contribution in [3.63, 3.8) is 0 Å². The van der Waals surface area contributed by atoms with E-state index in [-0.39, 0.29) is 84.9 Å². The van der Waals surface area contributed by atoms with Gasteiger partial charge in [-0.15, -0.1) is 6.08 Å². The Morgan fingerprint density at radius 2 is 1.65 bits per heavy atom. The molecule has 6 amide bonds. The van der Waals surface area contributed by atoms with Crippen LogP contribution in [0.1, 0.15) is 21.5 Å². The number of nitrogens with one attached hydrogen (secondary N) is 3. The summed E-state index contributed by atoms with van der Waals surface area (Å²) in [5, 5.41) is 4.56. The number of urea groups is 1. The molecule has 0 radical (unpaired) electrons. The van der Waals surface area contributed by atoms with Crippen LogP contribution in [-0.2, 0) is 14.4 Å². The van der Waals surface area contributed by atoms with Crippen LogP contribution in [0.15, 0.2) is 106 Å². The van der Waals surface area contributed by atoms with E-state index in [0.29, 0.717) is 23.2 Å². The number of benzene rings is 2. The Labute approximate surface area is 313 Å². The van der Waals surface area contributed by atoms with Crippen LogP contribution in [0, 0.1) is 6.20 Å². The number of hydrogen-bond acceptors (Lipinski definition) is 9. The van der Waals surface area contributed by atoms with Crippen LogP contribution >= 0.6 is 0 Å². The maximum absolute atomic E-state index is 13.4. The monoisotopic (exact) mass is 672 g/mol. The van der Waals surface area contributed by atoms with E-state index in [1.54, 1.807) is 18.2 Å². The van der Waals surface area contributed by atoms with Gasteiger partial charge >= 0.3 is 57.4 Å². The number of nitrogens with two attached hydrogens (primary N) is 1. The predicted octanol–water partition coefficient (Wildman–Crippen LogP) is -1.48. The SMILES string of the molecule is NC(=O)c1cccc(-n2c(=O)[nH][c-]c(C=CC(=CC=C3C(=O)NC(=O)N(c4cccc(NC=O)c4)C3=O)c3ccncc3)c2=O)c1.[K+].[OH-]. The van der Waals surface area contributed by atoms with Gasteiger partial charge in [-0.1, -0.05) is 36.0 Å². The summed E-state index contributed by atoms with van der Waals surface area (Å²) in [6.07, 6.45) is 11.5. The molecule has 15 nitrogen and oxygen atoms in total. The van der Waals surface area contributed by atoms with Crippen LogP contribution in [0.3, 0.4) is 0 Å². The molecule has 16 heteroatoms. The first-order chi connectivity index (χ1) is 22.2. The molecule has 0 spiro atoms. The number of aromatic nitrogens is 3. The molecule has 4 aromatic rings. The summed E-state index contributed by atoms with van der Waals surface area (Å²) in [6, 6.07) is 13.9. The fourth-order valence-electron chi connectivity index (χ4n) is 4.44. The number of barbiturate groups is 1. The second-order valence-electron chi connectivity index (χ2n) is 9.51. The molecule has 3 heterocycles. The number of allylic oxidation sites excluding steroid dienone is 4. The van der Waals surface area contributed by atoms with Crippen molar-refractivity contribution >= 4 is 53.2 Å². The Balaban J connectivity index is 0.00000312. The van der Waals surface area contributed by atoms with E-state index in [4.69, 9.17) is 5.73 Å². The van der Waals surface area contributed by atoms with Gasteiger partial charge in [0.15, 0.2) is 5.56 Å². The summed E-state index contributed by atoms with van der Waals surface area (Å²) in [5.41, 5.74) is 4.95. The zero-order valence-electron chi connectivity index (χ0n) is 25.0. The molecule has 0 aliphatic carbocycles. The summed E-state index contributed by atoms with van der Waals surface area (Å²) < 4.78 is 0.816. The average molecular weight is 673 g/mol. The number of carbonyl (C=O) groups excluding carboxylic acids is 5. The van der Waals surface area contributed by atoms with E-state index in [1.807, 2.05) is 0 Å². The van der Waals surface area contributed by atoms with Gasteiger partial charge in [-0.25, -0.2) is 9.69 Å². The van der Waals surface area contributed by atoms with Crippen molar-refractivity contribution in [2.75, 3.05) is 10.2 Å². The number of amides is 6. The number of carbonyl (C=O) groups is 5. The third kappa shape index (κ3) is 8.13. The van der Waals surface area contributed by atoms with E-state index in [0.717, 1.165) is 9.47 Å². The zero-order chi connectivity index (χ0) is 32.8. The van der Waals surface area contributed by atoms with Crippen LogP contribution in [0.5, 0.6) is 0 Å². The number of hydrogen-bond donors (Lipinski definition) is 4. The first-order valence-corrected chi connectivity index (χ1v) is 13.4. The second kappa shape index (κ2) is 16.5. The van der Waals surface area contributed by atoms with Gasteiger partial charge < -0.3 is 35.7 Å². The average Bonchev–Trinajstić information content (AvgIpc) is 3.04. The molecule has 0 atom stereocenters. The summed E-state index contributed by atoms with van der Waals surface area (Å²) >= 11 is 0. The van der Waals surface area contributed by atoms with E-state index < -0.39 is 35.0 Å².